The summed E-state index contributed by atoms with van der Waals surface area (Å²) in [5.41, 5.74) is 4.11. The number of nitrogens with one attached hydrogen (secondary N) is 1. The van der Waals surface area contributed by atoms with Crippen LogP contribution in [0.2, 0.25) is 0 Å². The molecule has 0 bridgehead atoms. The second kappa shape index (κ2) is 7.19. The fraction of sp³-hybridized carbons (Fsp3) is 0.227. The topological polar surface area (TPSA) is 46.5 Å². The zero-order chi connectivity index (χ0) is 18.8. The number of benzene rings is 2. The Hall–Kier alpha value is -3.21. The van der Waals surface area contributed by atoms with Gasteiger partial charge in [0.2, 0.25) is 0 Å². The van der Waals surface area contributed by atoms with Gasteiger partial charge in [0, 0.05) is 30.7 Å². The highest BCUT2D eigenvalue weighted by atomic mass is 16.5. The van der Waals surface area contributed by atoms with Gasteiger partial charge in [-0.3, -0.25) is 0 Å². The third-order valence-corrected chi connectivity index (χ3v) is 5.00. The standard InChI is InChI=1S/C22H23N3O2/c1-16-5-3-6-18(15-16)23-22(26)25-14-13-24-12-4-7-20(24)21(25)17-8-10-19(27-2)11-9-17/h3-12,15,21H,13-14H2,1-2H3,(H,23,26)/t21-/m0/s1. The first kappa shape index (κ1) is 17.2. The number of fused-ring (bicyclic) bond motifs is 1. The van der Waals surface area contributed by atoms with E-state index in [2.05, 4.69) is 22.1 Å². The van der Waals surface area contributed by atoms with E-state index in [-0.39, 0.29) is 12.1 Å². The Morgan fingerprint density at radius 3 is 2.63 bits per heavy atom. The second-order valence-electron chi connectivity index (χ2n) is 6.80. The van der Waals surface area contributed by atoms with Crippen LogP contribution in [0, 0.1) is 6.92 Å². The van der Waals surface area contributed by atoms with Crippen molar-refractivity contribution in [1.82, 2.24) is 9.47 Å². The van der Waals surface area contributed by atoms with Crippen LogP contribution in [-0.4, -0.2) is 29.2 Å². The van der Waals surface area contributed by atoms with Gasteiger partial charge in [0.15, 0.2) is 0 Å². The Bertz CT molecular complexity index is 946. The van der Waals surface area contributed by atoms with Crippen LogP contribution in [0.4, 0.5) is 10.5 Å². The molecule has 5 heteroatoms. The molecular weight excluding hydrogens is 338 g/mol. The summed E-state index contributed by atoms with van der Waals surface area (Å²) < 4.78 is 7.49. The van der Waals surface area contributed by atoms with Gasteiger partial charge in [-0.2, -0.15) is 0 Å². The van der Waals surface area contributed by atoms with Crippen LogP contribution < -0.4 is 10.1 Å². The quantitative estimate of drug-likeness (QED) is 0.749. The van der Waals surface area contributed by atoms with Gasteiger partial charge in [0.25, 0.3) is 0 Å². The molecule has 2 heterocycles. The van der Waals surface area contributed by atoms with Gasteiger partial charge in [-0.25, -0.2) is 4.79 Å². The summed E-state index contributed by atoms with van der Waals surface area (Å²) in [4.78, 5) is 15.0. The lowest BCUT2D eigenvalue weighted by Gasteiger charge is -2.37. The molecule has 4 rings (SSSR count). The van der Waals surface area contributed by atoms with Crippen molar-refractivity contribution in [3.05, 3.63) is 83.7 Å². The average Bonchev–Trinajstić information content (AvgIpc) is 3.16. The van der Waals surface area contributed by atoms with Gasteiger partial charge in [-0.15, -0.1) is 0 Å². The van der Waals surface area contributed by atoms with Crippen molar-refractivity contribution in [3.63, 3.8) is 0 Å². The molecule has 1 N–H and O–H groups in total. The van der Waals surface area contributed by atoms with Gasteiger partial charge in [-0.05, 0) is 54.4 Å². The van der Waals surface area contributed by atoms with E-state index >= 15 is 0 Å². The Labute approximate surface area is 159 Å². The number of hydrogen-bond acceptors (Lipinski definition) is 2. The first-order valence-electron chi connectivity index (χ1n) is 9.09. The SMILES string of the molecule is COc1ccc([C@H]2c3cccn3CCN2C(=O)Nc2cccc(C)c2)cc1. The largest absolute Gasteiger partial charge is 0.497 e. The van der Waals surface area contributed by atoms with Crippen LogP contribution in [0.1, 0.15) is 22.9 Å². The average molecular weight is 361 g/mol. The number of nitrogens with zero attached hydrogens (tertiary/aromatic N) is 2. The van der Waals surface area contributed by atoms with Crippen LogP contribution in [0.5, 0.6) is 5.75 Å². The molecule has 1 atom stereocenters. The predicted molar refractivity (Wildman–Crippen MR) is 106 cm³/mol. The maximum atomic E-state index is 13.1. The van der Waals surface area contributed by atoms with Gasteiger partial charge >= 0.3 is 6.03 Å². The number of amides is 2. The monoisotopic (exact) mass is 361 g/mol. The highest BCUT2D eigenvalue weighted by Crippen LogP contribution is 2.33. The first-order chi connectivity index (χ1) is 13.2. The Morgan fingerprint density at radius 2 is 1.89 bits per heavy atom. The highest BCUT2D eigenvalue weighted by molar-refractivity contribution is 5.90. The maximum Gasteiger partial charge on any atom is 0.322 e. The minimum atomic E-state index is -0.135. The van der Waals surface area contributed by atoms with Crippen LogP contribution in [0.3, 0.4) is 0 Å². The van der Waals surface area contributed by atoms with E-state index < -0.39 is 0 Å². The fourth-order valence-electron chi connectivity index (χ4n) is 3.66. The van der Waals surface area contributed by atoms with Gasteiger partial charge in [0.05, 0.1) is 13.2 Å². The van der Waals surface area contributed by atoms with Crippen molar-refractivity contribution in [1.29, 1.82) is 0 Å². The number of ether oxygens (including phenoxy) is 1. The Kier molecular flexibility index (Phi) is 4.59. The van der Waals surface area contributed by atoms with Crippen molar-refractivity contribution in [2.75, 3.05) is 19.0 Å². The normalized spacial score (nSPS) is 15.9. The number of rotatable bonds is 3. The van der Waals surface area contributed by atoms with Crippen LogP contribution in [0.15, 0.2) is 66.9 Å². The van der Waals surface area contributed by atoms with Crippen LogP contribution in [0.25, 0.3) is 0 Å². The van der Waals surface area contributed by atoms with E-state index in [0.717, 1.165) is 34.8 Å². The minimum absolute atomic E-state index is 0.0890. The van der Waals surface area contributed by atoms with E-state index in [1.165, 1.54) is 0 Å². The molecule has 0 radical (unpaired) electrons. The van der Waals surface area contributed by atoms with Crippen molar-refractivity contribution in [3.8, 4) is 5.75 Å². The van der Waals surface area contributed by atoms with E-state index in [0.29, 0.717) is 6.54 Å². The van der Waals surface area contributed by atoms with Crippen molar-refractivity contribution >= 4 is 11.7 Å². The number of methoxy groups -OCH3 is 1. The Morgan fingerprint density at radius 1 is 1.07 bits per heavy atom. The van der Waals surface area contributed by atoms with Crippen LogP contribution >= 0.6 is 0 Å². The molecule has 1 aliphatic heterocycles. The zero-order valence-electron chi connectivity index (χ0n) is 15.6. The molecule has 2 amide bonds. The first-order valence-corrected chi connectivity index (χ1v) is 9.09. The number of aromatic nitrogens is 1. The molecular formula is C22H23N3O2. The van der Waals surface area contributed by atoms with Crippen molar-refractivity contribution < 1.29 is 9.53 Å². The van der Waals surface area contributed by atoms with E-state index in [1.54, 1.807) is 7.11 Å². The molecule has 1 aliphatic rings. The van der Waals surface area contributed by atoms with Crippen molar-refractivity contribution in [2.24, 2.45) is 0 Å². The molecule has 5 nitrogen and oxygen atoms in total. The Balaban J connectivity index is 1.66. The summed E-state index contributed by atoms with van der Waals surface area (Å²) in [7, 11) is 1.66. The fourth-order valence-corrected chi connectivity index (χ4v) is 3.66. The molecule has 0 saturated heterocycles. The number of aryl methyl sites for hydroxylation is 1. The summed E-state index contributed by atoms with van der Waals surface area (Å²) in [6, 6.07) is 19.7. The summed E-state index contributed by atoms with van der Waals surface area (Å²) in [6.07, 6.45) is 2.07. The molecule has 0 aliphatic carbocycles. The smallest absolute Gasteiger partial charge is 0.322 e. The zero-order valence-corrected chi connectivity index (χ0v) is 15.6. The number of anilines is 1. The number of hydrogen-bond donors (Lipinski definition) is 1. The molecule has 27 heavy (non-hydrogen) atoms. The molecule has 0 unspecified atom stereocenters. The van der Waals surface area contributed by atoms with E-state index in [1.807, 2.05) is 66.4 Å². The second-order valence-corrected chi connectivity index (χ2v) is 6.80. The lowest BCUT2D eigenvalue weighted by atomic mass is 10.00. The van der Waals surface area contributed by atoms with E-state index in [9.17, 15) is 4.79 Å². The molecule has 138 valence electrons. The summed E-state index contributed by atoms with van der Waals surface area (Å²) >= 11 is 0. The van der Waals surface area contributed by atoms with Crippen molar-refractivity contribution in [2.45, 2.75) is 19.5 Å². The molecule has 1 aromatic heterocycles. The van der Waals surface area contributed by atoms with Crippen LogP contribution in [-0.2, 0) is 6.54 Å². The summed E-state index contributed by atoms with van der Waals surface area (Å²) in [5, 5.41) is 3.05. The molecule has 0 saturated carbocycles. The van der Waals surface area contributed by atoms with E-state index in [4.69, 9.17) is 4.74 Å². The molecule has 0 spiro atoms. The summed E-state index contributed by atoms with van der Waals surface area (Å²) in [5.74, 6) is 0.806. The van der Waals surface area contributed by atoms with Gasteiger partial charge in [0.1, 0.15) is 5.75 Å². The predicted octanol–water partition coefficient (Wildman–Crippen LogP) is 4.44. The number of urea groups is 1. The maximum absolute atomic E-state index is 13.1. The number of carbonyl (C=O) groups excluding carboxylic acids is 1. The molecule has 2 aromatic carbocycles. The third kappa shape index (κ3) is 3.40. The third-order valence-electron chi connectivity index (χ3n) is 5.00. The summed E-state index contributed by atoms with van der Waals surface area (Å²) in [6.45, 7) is 3.45. The lowest BCUT2D eigenvalue weighted by molar-refractivity contribution is 0.182. The minimum Gasteiger partial charge on any atom is -0.497 e. The molecule has 0 fully saturated rings. The number of carbonyl (C=O) groups is 1. The molecule has 3 aromatic rings. The van der Waals surface area contributed by atoms with Gasteiger partial charge < -0.3 is 19.5 Å². The van der Waals surface area contributed by atoms with Gasteiger partial charge in [-0.1, -0.05) is 24.3 Å². The highest BCUT2D eigenvalue weighted by Gasteiger charge is 2.32. The lowest BCUT2D eigenvalue weighted by Crippen LogP contribution is -2.44.